The molecule has 0 aliphatic rings. The Bertz CT molecular complexity index is 1650. The summed E-state index contributed by atoms with van der Waals surface area (Å²) in [5, 5.41) is 2.52. The lowest BCUT2D eigenvalue weighted by Gasteiger charge is -2.21. The van der Waals surface area contributed by atoms with Crippen molar-refractivity contribution in [3.05, 3.63) is 47.5 Å². The summed E-state index contributed by atoms with van der Waals surface area (Å²) in [5.74, 6) is 0.363. The molecule has 4 atom stereocenters. The first-order chi connectivity index (χ1) is 25.4. The van der Waals surface area contributed by atoms with Crippen molar-refractivity contribution >= 4 is 64.2 Å². The minimum absolute atomic E-state index is 0.00145. The summed E-state index contributed by atoms with van der Waals surface area (Å²) in [7, 11) is 0. The molecule has 4 nitrogen and oxygen atoms in total. The van der Waals surface area contributed by atoms with Crippen LogP contribution in [0.3, 0.4) is 0 Å². The van der Waals surface area contributed by atoms with Crippen molar-refractivity contribution in [1.29, 1.82) is 0 Å². The van der Waals surface area contributed by atoms with Crippen molar-refractivity contribution in [1.82, 2.24) is 0 Å². The van der Waals surface area contributed by atoms with E-state index in [2.05, 4.69) is 77.9 Å². The Balaban J connectivity index is 1.46. The second-order valence-electron chi connectivity index (χ2n) is 15.2. The van der Waals surface area contributed by atoms with E-state index in [1.54, 1.807) is 0 Å². The van der Waals surface area contributed by atoms with Crippen molar-refractivity contribution in [2.24, 2.45) is 11.8 Å². The summed E-state index contributed by atoms with van der Waals surface area (Å²) in [6.07, 6.45) is 21.3. The average molecular weight is 749 g/mol. The Morgan fingerprint density at radius 1 is 0.558 bits per heavy atom. The van der Waals surface area contributed by atoms with E-state index in [4.69, 9.17) is 9.47 Å². The fraction of sp³-hybridized carbons (Fsp3) is 0.652. The smallest absolute Gasteiger partial charge is 0.309 e. The van der Waals surface area contributed by atoms with E-state index < -0.39 is 0 Å². The molecule has 2 heterocycles. The van der Waals surface area contributed by atoms with Gasteiger partial charge in [0.15, 0.2) is 0 Å². The van der Waals surface area contributed by atoms with Crippen LogP contribution in [-0.2, 0) is 19.1 Å². The van der Waals surface area contributed by atoms with Gasteiger partial charge in [-0.2, -0.15) is 0 Å². The molecule has 0 fully saturated rings. The summed E-state index contributed by atoms with van der Waals surface area (Å²) in [4.78, 5) is 26.7. The predicted molar refractivity (Wildman–Crippen MR) is 226 cm³/mol. The topological polar surface area (TPSA) is 52.6 Å². The first kappa shape index (κ1) is 42.3. The molecule has 2 aromatic heterocycles. The van der Waals surface area contributed by atoms with Gasteiger partial charge in [-0.1, -0.05) is 149 Å². The lowest BCUT2D eigenvalue weighted by atomic mass is 9.92. The number of ether oxygens (including phenoxy) is 2. The number of hydrogen-bond acceptors (Lipinski definition) is 6. The van der Waals surface area contributed by atoms with Gasteiger partial charge in [0.05, 0.1) is 15.3 Å². The van der Waals surface area contributed by atoms with Crippen molar-refractivity contribution in [2.45, 2.75) is 182 Å². The molecule has 52 heavy (non-hydrogen) atoms. The van der Waals surface area contributed by atoms with Crippen LogP contribution in [0.2, 0.25) is 0 Å². The molecular weight excluding hydrogens is 681 g/mol. The molecular formula is C46H68O4S2. The summed E-state index contributed by atoms with van der Waals surface area (Å²) in [6, 6.07) is 13.3. The van der Waals surface area contributed by atoms with Crippen molar-refractivity contribution in [3.8, 4) is 0 Å². The molecule has 288 valence electrons. The number of carbonyl (C=O) groups excluding carboxylic acids is 2. The van der Waals surface area contributed by atoms with Gasteiger partial charge < -0.3 is 9.47 Å². The van der Waals surface area contributed by atoms with E-state index in [0.717, 1.165) is 68.9 Å². The molecule has 0 bridgehead atoms. The first-order valence-corrected chi connectivity index (χ1v) is 22.8. The van der Waals surface area contributed by atoms with Crippen LogP contribution in [-0.4, -0.2) is 11.9 Å². The molecule has 0 aliphatic heterocycles. The normalized spacial score (nSPS) is 14.2. The fourth-order valence-corrected chi connectivity index (χ4v) is 10.4. The summed E-state index contributed by atoms with van der Waals surface area (Å²) < 4.78 is 17.5. The van der Waals surface area contributed by atoms with Gasteiger partial charge in [-0.25, -0.2) is 0 Å². The van der Waals surface area contributed by atoms with Crippen molar-refractivity contribution in [3.63, 3.8) is 0 Å². The lowest BCUT2D eigenvalue weighted by Crippen LogP contribution is -2.20. The third-order valence-corrected chi connectivity index (χ3v) is 13.4. The summed E-state index contributed by atoms with van der Waals surface area (Å²) >= 11 is 3.66. The second kappa shape index (κ2) is 22.7. The molecule has 0 spiro atoms. The van der Waals surface area contributed by atoms with Crippen molar-refractivity contribution in [2.75, 3.05) is 0 Å². The Morgan fingerprint density at radius 3 is 1.58 bits per heavy atom. The Labute approximate surface area is 323 Å². The molecule has 2 aromatic carbocycles. The van der Waals surface area contributed by atoms with E-state index in [0.29, 0.717) is 12.3 Å². The zero-order chi connectivity index (χ0) is 37.3. The molecule has 0 saturated heterocycles. The molecule has 6 heteroatoms. The number of hydrogen-bond donors (Lipinski definition) is 0. The third-order valence-electron chi connectivity index (χ3n) is 10.9. The highest BCUT2D eigenvalue weighted by Gasteiger charge is 2.25. The fourth-order valence-electron chi connectivity index (χ4n) is 7.67. The average Bonchev–Trinajstić information content (AvgIpc) is 3.69. The molecule has 4 unspecified atom stereocenters. The van der Waals surface area contributed by atoms with Gasteiger partial charge in [-0.15, -0.1) is 22.7 Å². The molecule has 0 saturated carbocycles. The molecule has 4 rings (SSSR count). The molecule has 0 amide bonds. The minimum atomic E-state index is -0.225. The Morgan fingerprint density at radius 2 is 1.02 bits per heavy atom. The quantitative estimate of drug-likeness (QED) is 0.0474. The highest BCUT2D eigenvalue weighted by atomic mass is 32.1. The van der Waals surface area contributed by atoms with Crippen LogP contribution >= 0.6 is 22.7 Å². The van der Waals surface area contributed by atoms with Crippen LogP contribution in [0.25, 0.3) is 29.6 Å². The highest BCUT2D eigenvalue weighted by Crippen LogP contribution is 2.46. The zero-order valence-corrected chi connectivity index (χ0v) is 35.0. The summed E-state index contributed by atoms with van der Waals surface area (Å²) in [6.45, 7) is 13.1. The molecule has 0 aliphatic carbocycles. The molecule has 0 N–H and O–H groups in total. The van der Waals surface area contributed by atoms with E-state index in [-0.39, 0.29) is 30.1 Å². The minimum Gasteiger partial charge on any atom is -0.457 e. The van der Waals surface area contributed by atoms with E-state index >= 15 is 0 Å². The van der Waals surface area contributed by atoms with Gasteiger partial charge in [0.1, 0.15) is 12.2 Å². The number of carbonyl (C=O) groups is 2. The predicted octanol–water partition coefficient (Wildman–Crippen LogP) is 15.6. The third kappa shape index (κ3) is 12.0. The largest absolute Gasteiger partial charge is 0.457 e. The van der Waals surface area contributed by atoms with E-state index in [1.165, 1.54) is 93.8 Å². The number of benzene rings is 2. The van der Waals surface area contributed by atoms with Gasteiger partial charge in [0.2, 0.25) is 0 Å². The monoisotopic (exact) mass is 748 g/mol. The van der Waals surface area contributed by atoms with E-state index in [9.17, 15) is 9.59 Å². The van der Waals surface area contributed by atoms with Crippen LogP contribution in [0.15, 0.2) is 36.4 Å². The summed E-state index contributed by atoms with van der Waals surface area (Å²) in [5.41, 5.74) is 2.17. The number of thiophene rings is 2. The molecule has 4 aromatic rings. The number of unbranched alkanes of at least 4 members (excludes halogenated alkanes) is 9. The van der Waals surface area contributed by atoms with Crippen LogP contribution in [0.4, 0.5) is 0 Å². The second-order valence-corrected chi connectivity index (χ2v) is 17.3. The van der Waals surface area contributed by atoms with Crippen LogP contribution < -0.4 is 0 Å². The van der Waals surface area contributed by atoms with E-state index in [1.807, 2.05) is 22.7 Å². The lowest BCUT2D eigenvalue weighted by molar-refractivity contribution is -0.155. The standard InChI is InChI=1S/C46H68O4S2/c1-7-13-17-19-20-23-33(22-15-9-3)30-43(47)49-39(11-5)35-26-28-37-41(31-35)51-45-38-29-27-36(32-42(38)52-44(37)45)40(12-6)50-46(48)34(24-16-10-4)25-21-18-14-8-2/h26-29,31-34,39-40H,7-25,30H2,1-6H3. The Kier molecular flexibility index (Phi) is 18.5. The zero-order valence-electron chi connectivity index (χ0n) is 33.4. The number of fused-ring (bicyclic) bond motifs is 5. The molecule has 0 radical (unpaired) electrons. The van der Waals surface area contributed by atoms with Crippen LogP contribution in [0.5, 0.6) is 0 Å². The van der Waals surface area contributed by atoms with Gasteiger partial charge in [-0.05, 0) is 67.7 Å². The number of rotatable bonds is 26. The number of esters is 2. The van der Waals surface area contributed by atoms with Crippen LogP contribution in [0, 0.1) is 11.8 Å². The van der Waals surface area contributed by atoms with Crippen LogP contribution in [0.1, 0.15) is 193 Å². The van der Waals surface area contributed by atoms with Gasteiger partial charge in [0.25, 0.3) is 0 Å². The van der Waals surface area contributed by atoms with Gasteiger partial charge in [0, 0.05) is 26.6 Å². The van der Waals surface area contributed by atoms with Crippen molar-refractivity contribution < 1.29 is 19.1 Å². The Hall–Kier alpha value is -2.44. The first-order valence-electron chi connectivity index (χ1n) is 21.2. The maximum atomic E-state index is 13.4. The van der Waals surface area contributed by atoms with Gasteiger partial charge >= 0.3 is 11.9 Å². The maximum absolute atomic E-state index is 13.4. The SMILES string of the molecule is CCCCCCCC(CCCC)CC(=O)OC(CC)c1ccc2c(c1)sc1c3ccc(C(CC)OC(=O)C(CCCC)CCCCCC)cc3sc21. The highest BCUT2D eigenvalue weighted by molar-refractivity contribution is 7.36. The maximum Gasteiger partial charge on any atom is 0.309 e. The van der Waals surface area contributed by atoms with Gasteiger partial charge in [-0.3, -0.25) is 9.59 Å².